The van der Waals surface area contributed by atoms with Gasteiger partial charge in [0.05, 0.1) is 0 Å². The zero-order valence-corrected chi connectivity index (χ0v) is 10.3. The van der Waals surface area contributed by atoms with Crippen molar-refractivity contribution in [1.82, 2.24) is 0 Å². The molecule has 1 amide bonds. The molecular formula is C13H18N2O3. The molecule has 1 heterocycles. The van der Waals surface area contributed by atoms with E-state index in [0.29, 0.717) is 18.7 Å². The molecule has 2 rings (SSSR count). The number of anilines is 1. The van der Waals surface area contributed by atoms with Gasteiger partial charge in [-0.15, -0.1) is 0 Å². The molecule has 1 aromatic rings. The summed E-state index contributed by atoms with van der Waals surface area (Å²) in [6.45, 7) is 0.926. The second-order valence-electron chi connectivity index (χ2n) is 4.22. The van der Waals surface area contributed by atoms with Crippen LogP contribution in [0.15, 0.2) is 18.2 Å². The van der Waals surface area contributed by atoms with E-state index >= 15 is 0 Å². The Kier molecular flexibility index (Phi) is 4.41. The van der Waals surface area contributed by atoms with Crippen molar-refractivity contribution in [3.05, 3.63) is 18.2 Å². The summed E-state index contributed by atoms with van der Waals surface area (Å²) in [5, 5.41) is 2.84. The molecule has 5 nitrogen and oxygen atoms in total. The average Bonchev–Trinajstić information content (AvgIpc) is 2.82. The predicted molar refractivity (Wildman–Crippen MR) is 68.7 cm³/mol. The van der Waals surface area contributed by atoms with E-state index in [4.69, 9.17) is 15.2 Å². The van der Waals surface area contributed by atoms with Gasteiger partial charge in [0.1, 0.15) is 0 Å². The van der Waals surface area contributed by atoms with E-state index in [1.54, 1.807) is 12.1 Å². The van der Waals surface area contributed by atoms with Crippen LogP contribution in [0, 0.1) is 0 Å². The highest BCUT2D eigenvalue weighted by Gasteiger charge is 2.13. The van der Waals surface area contributed by atoms with Crippen LogP contribution in [-0.4, -0.2) is 19.2 Å². The van der Waals surface area contributed by atoms with Gasteiger partial charge in [0.2, 0.25) is 12.7 Å². The van der Waals surface area contributed by atoms with Gasteiger partial charge in [0, 0.05) is 18.2 Å². The van der Waals surface area contributed by atoms with E-state index in [-0.39, 0.29) is 12.7 Å². The van der Waals surface area contributed by atoms with Crippen molar-refractivity contribution >= 4 is 11.6 Å². The van der Waals surface area contributed by atoms with Gasteiger partial charge in [0.15, 0.2) is 11.5 Å². The Morgan fingerprint density at radius 2 is 2.06 bits per heavy atom. The highest BCUT2D eigenvalue weighted by molar-refractivity contribution is 5.91. The van der Waals surface area contributed by atoms with E-state index < -0.39 is 0 Å². The molecule has 0 unspecified atom stereocenters. The number of fused-ring (bicyclic) bond motifs is 1. The molecule has 0 aliphatic carbocycles. The molecular weight excluding hydrogens is 232 g/mol. The molecule has 18 heavy (non-hydrogen) atoms. The Labute approximate surface area is 106 Å². The minimum absolute atomic E-state index is 0.0193. The molecule has 1 aliphatic heterocycles. The van der Waals surface area contributed by atoms with Crippen LogP contribution in [-0.2, 0) is 4.79 Å². The van der Waals surface area contributed by atoms with E-state index in [2.05, 4.69) is 5.32 Å². The van der Waals surface area contributed by atoms with Crippen molar-refractivity contribution < 1.29 is 14.3 Å². The SMILES string of the molecule is NCCCCCC(=O)Nc1ccc2c(c1)OCO2. The molecule has 0 saturated heterocycles. The first-order chi connectivity index (χ1) is 8.79. The molecule has 0 saturated carbocycles. The number of nitrogens with one attached hydrogen (secondary N) is 1. The Morgan fingerprint density at radius 1 is 1.22 bits per heavy atom. The van der Waals surface area contributed by atoms with E-state index in [1.165, 1.54) is 0 Å². The predicted octanol–water partition coefficient (Wildman–Crippen LogP) is 1.87. The Morgan fingerprint density at radius 3 is 2.89 bits per heavy atom. The molecule has 0 aromatic heterocycles. The highest BCUT2D eigenvalue weighted by Crippen LogP contribution is 2.34. The molecule has 1 aromatic carbocycles. The van der Waals surface area contributed by atoms with E-state index in [1.807, 2.05) is 6.07 Å². The number of carbonyl (C=O) groups excluding carboxylic acids is 1. The fourth-order valence-electron chi connectivity index (χ4n) is 1.80. The van der Waals surface area contributed by atoms with E-state index in [0.717, 1.165) is 30.7 Å². The summed E-state index contributed by atoms with van der Waals surface area (Å²) >= 11 is 0. The highest BCUT2D eigenvalue weighted by atomic mass is 16.7. The van der Waals surface area contributed by atoms with Gasteiger partial charge >= 0.3 is 0 Å². The van der Waals surface area contributed by atoms with Gasteiger partial charge in [-0.25, -0.2) is 0 Å². The average molecular weight is 250 g/mol. The van der Waals surface area contributed by atoms with Crippen LogP contribution in [0.1, 0.15) is 25.7 Å². The molecule has 3 N–H and O–H groups in total. The van der Waals surface area contributed by atoms with Gasteiger partial charge in [-0.05, 0) is 31.5 Å². The lowest BCUT2D eigenvalue weighted by Gasteiger charge is -2.06. The number of hydrogen-bond donors (Lipinski definition) is 2. The second-order valence-corrected chi connectivity index (χ2v) is 4.22. The quantitative estimate of drug-likeness (QED) is 0.756. The molecule has 98 valence electrons. The van der Waals surface area contributed by atoms with Crippen LogP contribution in [0.4, 0.5) is 5.69 Å². The van der Waals surface area contributed by atoms with Gasteiger partial charge in [-0.2, -0.15) is 0 Å². The topological polar surface area (TPSA) is 73.6 Å². The van der Waals surface area contributed by atoms with Crippen LogP contribution in [0.2, 0.25) is 0 Å². The van der Waals surface area contributed by atoms with Crippen molar-refractivity contribution in [2.24, 2.45) is 5.73 Å². The third-order valence-corrected chi connectivity index (χ3v) is 2.76. The summed E-state index contributed by atoms with van der Waals surface area (Å²) in [7, 11) is 0. The molecule has 0 atom stereocenters. The second kappa shape index (κ2) is 6.26. The summed E-state index contributed by atoms with van der Waals surface area (Å²) in [6.07, 6.45) is 3.35. The molecule has 5 heteroatoms. The number of benzene rings is 1. The molecule has 0 spiro atoms. The summed E-state index contributed by atoms with van der Waals surface area (Å²) in [6, 6.07) is 5.39. The van der Waals surface area contributed by atoms with Crippen molar-refractivity contribution in [2.45, 2.75) is 25.7 Å². The number of nitrogens with two attached hydrogens (primary N) is 1. The van der Waals surface area contributed by atoms with Crippen LogP contribution >= 0.6 is 0 Å². The summed E-state index contributed by atoms with van der Waals surface area (Å²) < 4.78 is 10.4. The first-order valence-electron chi connectivity index (χ1n) is 6.19. The Balaban J connectivity index is 1.80. The lowest BCUT2D eigenvalue weighted by Crippen LogP contribution is -2.11. The smallest absolute Gasteiger partial charge is 0.231 e. The minimum Gasteiger partial charge on any atom is -0.454 e. The van der Waals surface area contributed by atoms with Gasteiger partial charge in [-0.1, -0.05) is 6.42 Å². The van der Waals surface area contributed by atoms with Crippen molar-refractivity contribution in [2.75, 3.05) is 18.7 Å². The molecule has 0 radical (unpaired) electrons. The number of carbonyl (C=O) groups is 1. The lowest BCUT2D eigenvalue weighted by atomic mass is 10.2. The summed E-state index contributed by atoms with van der Waals surface area (Å²) in [5.41, 5.74) is 6.13. The fourth-order valence-corrected chi connectivity index (χ4v) is 1.80. The number of ether oxygens (including phenoxy) is 2. The monoisotopic (exact) mass is 250 g/mol. The third-order valence-electron chi connectivity index (χ3n) is 2.76. The van der Waals surface area contributed by atoms with E-state index in [9.17, 15) is 4.79 Å². The standard InChI is InChI=1S/C13H18N2O3/c14-7-3-1-2-4-13(16)15-10-5-6-11-12(8-10)18-9-17-11/h5-6,8H,1-4,7,9,14H2,(H,15,16). The first kappa shape index (κ1) is 12.7. The number of rotatable bonds is 6. The van der Waals surface area contributed by atoms with Crippen molar-refractivity contribution in [1.29, 1.82) is 0 Å². The zero-order valence-electron chi connectivity index (χ0n) is 10.3. The lowest BCUT2D eigenvalue weighted by molar-refractivity contribution is -0.116. The van der Waals surface area contributed by atoms with Crippen LogP contribution < -0.4 is 20.5 Å². The van der Waals surface area contributed by atoms with Crippen LogP contribution in [0.25, 0.3) is 0 Å². The van der Waals surface area contributed by atoms with Crippen molar-refractivity contribution in [3.63, 3.8) is 0 Å². The maximum atomic E-state index is 11.7. The number of hydrogen-bond acceptors (Lipinski definition) is 4. The van der Waals surface area contributed by atoms with Crippen molar-refractivity contribution in [3.8, 4) is 11.5 Å². The summed E-state index contributed by atoms with van der Waals surface area (Å²) in [5.74, 6) is 1.41. The maximum Gasteiger partial charge on any atom is 0.231 e. The molecule has 1 aliphatic rings. The Bertz CT molecular complexity index is 421. The number of amides is 1. The molecule has 0 bridgehead atoms. The van der Waals surface area contributed by atoms with Gasteiger partial charge < -0.3 is 20.5 Å². The van der Waals surface area contributed by atoms with Crippen LogP contribution in [0.3, 0.4) is 0 Å². The third kappa shape index (κ3) is 3.37. The molecule has 0 fully saturated rings. The fraction of sp³-hybridized carbons (Fsp3) is 0.462. The van der Waals surface area contributed by atoms with Gasteiger partial charge in [-0.3, -0.25) is 4.79 Å². The maximum absolute atomic E-state index is 11.7. The zero-order chi connectivity index (χ0) is 12.8. The minimum atomic E-state index is 0.0193. The largest absolute Gasteiger partial charge is 0.454 e. The first-order valence-corrected chi connectivity index (χ1v) is 6.19. The normalized spacial score (nSPS) is 12.5. The van der Waals surface area contributed by atoms with Crippen LogP contribution in [0.5, 0.6) is 11.5 Å². The summed E-state index contributed by atoms with van der Waals surface area (Å²) in [4.78, 5) is 11.7. The van der Waals surface area contributed by atoms with Gasteiger partial charge in [0.25, 0.3) is 0 Å². The Hall–Kier alpha value is -1.75. The number of unbranched alkanes of at least 4 members (excludes halogenated alkanes) is 2.